The van der Waals surface area contributed by atoms with Crippen molar-refractivity contribution in [3.8, 4) is 11.5 Å². The maximum Gasteiger partial charge on any atom is 0.340 e. The van der Waals surface area contributed by atoms with Gasteiger partial charge in [0.15, 0.2) is 6.29 Å². The van der Waals surface area contributed by atoms with Crippen molar-refractivity contribution in [3.05, 3.63) is 80.7 Å². The second-order valence-electron chi connectivity index (χ2n) is 6.11. The quantitative estimate of drug-likeness (QED) is 0.278. The summed E-state index contributed by atoms with van der Waals surface area (Å²) in [4.78, 5) is 21.7. The Labute approximate surface area is 182 Å². The highest BCUT2D eigenvalue weighted by atomic mass is 79.9. The van der Waals surface area contributed by atoms with Crippen LogP contribution in [-0.2, 0) is 0 Å². The van der Waals surface area contributed by atoms with Crippen LogP contribution >= 0.6 is 31.9 Å². The molecule has 0 radical (unpaired) electrons. The van der Waals surface area contributed by atoms with Crippen molar-refractivity contribution in [2.24, 2.45) is 0 Å². The van der Waals surface area contributed by atoms with E-state index in [0.29, 0.717) is 17.2 Å². The molecule has 0 aliphatic rings. The van der Waals surface area contributed by atoms with Crippen LogP contribution in [0.25, 0.3) is 21.5 Å². The van der Waals surface area contributed by atoms with E-state index >= 15 is 0 Å². The first-order valence-corrected chi connectivity index (χ1v) is 9.91. The topological polar surface area (TPSA) is 94.8 Å². The molecule has 0 fully saturated rings. The Balaban J connectivity index is 0.000000166. The first-order chi connectivity index (χ1) is 13.8. The summed E-state index contributed by atoms with van der Waals surface area (Å²) in [6.07, 6.45) is 0.672. The van der Waals surface area contributed by atoms with Gasteiger partial charge in [0.25, 0.3) is 0 Å². The number of carboxylic acids is 1. The van der Waals surface area contributed by atoms with Crippen molar-refractivity contribution < 1.29 is 24.9 Å². The molecule has 0 heterocycles. The minimum absolute atomic E-state index is 0.0230. The minimum Gasteiger partial charge on any atom is -0.507 e. The molecule has 29 heavy (non-hydrogen) atoms. The van der Waals surface area contributed by atoms with Crippen LogP contribution < -0.4 is 0 Å². The molecule has 4 aromatic rings. The molecule has 0 aliphatic heterocycles. The number of aromatic hydroxyl groups is 2. The number of hydrogen-bond donors (Lipinski definition) is 3. The number of benzene rings is 4. The first kappa shape index (κ1) is 20.8. The van der Waals surface area contributed by atoms with E-state index in [4.69, 9.17) is 5.11 Å². The van der Waals surface area contributed by atoms with Gasteiger partial charge in [0.2, 0.25) is 0 Å². The van der Waals surface area contributed by atoms with Crippen LogP contribution in [-0.4, -0.2) is 27.6 Å². The fraction of sp³-hybridized carbons (Fsp3) is 0. The number of phenols is 2. The van der Waals surface area contributed by atoms with Gasteiger partial charge in [0.1, 0.15) is 17.1 Å². The Hall–Kier alpha value is -2.90. The normalized spacial score (nSPS) is 10.4. The van der Waals surface area contributed by atoms with Crippen molar-refractivity contribution in [1.29, 1.82) is 0 Å². The summed E-state index contributed by atoms with van der Waals surface area (Å²) in [6, 6.07) is 17.2. The van der Waals surface area contributed by atoms with Gasteiger partial charge in [-0.1, -0.05) is 56.1 Å². The van der Waals surface area contributed by atoms with Crippen LogP contribution in [0.1, 0.15) is 20.7 Å². The highest BCUT2D eigenvalue weighted by molar-refractivity contribution is 9.10. The van der Waals surface area contributed by atoms with Gasteiger partial charge in [-0.25, -0.2) is 4.79 Å². The molecule has 5 nitrogen and oxygen atoms in total. The molecule has 4 rings (SSSR count). The predicted octanol–water partition coefficient (Wildman–Crippen LogP) is 6.13. The lowest BCUT2D eigenvalue weighted by molar-refractivity contribution is 0.0696. The Morgan fingerprint density at radius 3 is 1.83 bits per heavy atom. The van der Waals surface area contributed by atoms with Gasteiger partial charge in [-0.3, -0.25) is 4.79 Å². The summed E-state index contributed by atoms with van der Waals surface area (Å²) < 4.78 is 1.82. The van der Waals surface area contributed by atoms with Gasteiger partial charge in [0, 0.05) is 14.3 Å². The third kappa shape index (κ3) is 4.41. The molecule has 0 aliphatic carbocycles. The molecular formula is C22H14Br2O5. The van der Waals surface area contributed by atoms with Crippen LogP contribution in [0.5, 0.6) is 11.5 Å². The molecule has 0 bridgehead atoms. The molecular weight excluding hydrogens is 504 g/mol. The smallest absolute Gasteiger partial charge is 0.340 e. The first-order valence-electron chi connectivity index (χ1n) is 8.32. The van der Waals surface area contributed by atoms with E-state index in [9.17, 15) is 19.8 Å². The van der Waals surface area contributed by atoms with Gasteiger partial charge >= 0.3 is 5.97 Å². The average Bonchev–Trinajstić information content (AvgIpc) is 2.68. The van der Waals surface area contributed by atoms with E-state index in [1.807, 2.05) is 18.2 Å². The standard InChI is InChI=1S/C11H7BrO3.C11H7BrO2/c12-7-2-3-8-6(5-7)1-4-9(13)10(8)11(14)15;12-8-2-3-9-7(5-8)1-4-11(14)10(9)6-13/h1-5,13H,(H,14,15);1-6,14H. The fourth-order valence-corrected chi connectivity index (χ4v) is 3.71. The summed E-state index contributed by atoms with van der Waals surface area (Å²) in [5, 5.41) is 30.9. The van der Waals surface area contributed by atoms with Crippen molar-refractivity contribution >= 4 is 65.7 Å². The molecule has 3 N–H and O–H groups in total. The van der Waals surface area contributed by atoms with Crippen LogP contribution in [0, 0.1) is 0 Å². The number of aromatic carboxylic acids is 1. The highest BCUT2D eigenvalue weighted by Gasteiger charge is 2.13. The average molecular weight is 518 g/mol. The number of carbonyl (C=O) groups excluding carboxylic acids is 1. The van der Waals surface area contributed by atoms with E-state index < -0.39 is 5.97 Å². The van der Waals surface area contributed by atoms with E-state index in [2.05, 4.69) is 31.9 Å². The number of rotatable bonds is 2. The number of carbonyl (C=O) groups is 2. The van der Waals surface area contributed by atoms with Gasteiger partial charge < -0.3 is 15.3 Å². The maximum absolute atomic E-state index is 10.9. The minimum atomic E-state index is -1.12. The zero-order valence-corrected chi connectivity index (χ0v) is 17.9. The number of carboxylic acid groups (broad SMARTS) is 1. The SMILES string of the molecule is O=C(O)c1c(O)ccc2cc(Br)ccc12.O=Cc1c(O)ccc2cc(Br)ccc12. The van der Waals surface area contributed by atoms with E-state index in [0.717, 1.165) is 25.1 Å². The summed E-state index contributed by atoms with van der Waals surface area (Å²) in [5.74, 6) is -1.31. The van der Waals surface area contributed by atoms with E-state index in [1.54, 1.807) is 30.3 Å². The molecule has 0 spiro atoms. The summed E-state index contributed by atoms with van der Waals surface area (Å²) in [6.45, 7) is 0. The van der Waals surface area contributed by atoms with E-state index in [1.165, 1.54) is 12.1 Å². The fourth-order valence-electron chi connectivity index (χ4n) is 2.95. The van der Waals surface area contributed by atoms with Gasteiger partial charge in [-0.05, 0) is 52.6 Å². The van der Waals surface area contributed by atoms with Crippen molar-refractivity contribution in [2.45, 2.75) is 0 Å². The second kappa shape index (κ2) is 8.63. The third-order valence-electron chi connectivity index (χ3n) is 4.29. The number of halogens is 2. The summed E-state index contributed by atoms with van der Waals surface area (Å²) in [7, 11) is 0. The molecule has 0 saturated heterocycles. The van der Waals surface area contributed by atoms with Gasteiger partial charge in [-0.2, -0.15) is 0 Å². The Kier molecular flexibility index (Phi) is 6.20. The van der Waals surface area contributed by atoms with E-state index in [-0.39, 0.29) is 17.1 Å². The lowest BCUT2D eigenvalue weighted by Crippen LogP contribution is -1.97. The van der Waals surface area contributed by atoms with Crippen LogP contribution in [0.2, 0.25) is 0 Å². The number of hydrogen-bond acceptors (Lipinski definition) is 4. The number of fused-ring (bicyclic) bond motifs is 2. The molecule has 7 heteroatoms. The molecule has 0 aromatic heterocycles. The maximum atomic E-state index is 10.9. The largest absolute Gasteiger partial charge is 0.507 e. The second-order valence-corrected chi connectivity index (χ2v) is 7.94. The zero-order chi connectivity index (χ0) is 21.1. The predicted molar refractivity (Wildman–Crippen MR) is 119 cm³/mol. The van der Waals surface area contributed by atoms with Crippen molar-refractivity contribution in [2.75, 3.05) is 0 Å². The molecule has 0 amide bonds. The molecule has 4 aromatic carbocycles. The van der Waals surface area contributed by atoms with Crippen LogP contribution in [0.3, 0.4) is 0 Å². The lowest BCUT2D eigenvalue weighted by Gasteiger charge is -2.05. The van der Waals surface area contributed by atoms with Crippen molar-refractivity contribution in [1.82, 2.24) is 0 Å². The Morgan fingerprint density at radius 2 is 1.28 bits per heavy atom. The highest BCUT2D eigenvalue weighted by Crippen LogP contribution is 2.29. The van der Waals surface area contributed by atoms with Crippen LogP contribution in [0.4, 0.5) is 0 Å². The number of aldehydes is 1. The van der Waals surface area contributed by atoms with Gasteiger partial charge in [0.05, 0.1) is 5.56 Å². The Morgan fingerprint density at radius 1 is 0.759 bits per heavy atom. The van der Waals surface area contributed by atoms with Crippen molar-refractivity contribution in [3.63, 3.8) is 0 Å². The van der Waals surface area contributed by atoms with Crippen LogP contribution in [0.15, 0.2) is 69.6 Å². The number of phenolic OH excluding ortho intramolecular Hbond substituents is 1. The lowest BCUT2D eigenvalue weighted by atomic mass is 10.0. The Bertz CT molecular complexity index is 1250. The summed E-state index contributed by atoms with van der Waals surface area (Å²) in [5.41, 5.74) is 0.287. The monoisotopic (exact) mass is 516 g/mol. The third-order valence-corrected chi connectivity index (χ3v) is 5.28. The molecule has 0 unspecified atom stereocenters. The molecule has 146 valence electrons. The zero-order valence-electron chi connectivity index (χ0n) is 14.8. The molecule has 0 atom stereocenters. The van der Waals surface area contributed by atoms with Gasteiger partial charge in [-0.15, -0.1) is 0 Å². The molecule has 0 saturated carbocycles. The summed E-state index contributed by atoms with van der Waals surface area (Å²) >= 11 is 6.65.